The third-order valence-electron chi connectivity index (χ3n) is 12.4. The van der Waals surface area contributed by atoms with Gasteiger partial charge in [-0.2, -0.15) is 0 Å². The fourth-order valence-corrected chi connectivity index (χ4v) is 9.33. The largest absolute Gasteiger partial charge is 0.392 e. The van der Waals surface area contributed by atoms with Crippen molar-refractivity contribution in [2.45, 2.75) is 115 Å². The molecule has 4 aromatic carbocycles. The number of aromatic nitrogens is 2. The Morgan fingerprint density at radius 2 is 1.56 bits per heavy atom. The van der Waals surface area contributed by atoms with Crippen molar-refractivity contribution in [3.05, 3.63) is 131 Å². The minimum Gasteiger partial charge on any atom is -0.392 e. The molecule has 0 spiro atoms. The highest BCUT2D eigenvalue weighted by molar-refractivity contribution is 5.93. The van der Waals surface area contributed by atoms with Gasteiger partial charge in [0.05, 0.1) is 42.1 Å². The summed E-state index contributed by atoms with van der Waals surface area (Å²) in [5.74, 6) is 0.391. The standard InChI is InChI=1S/C49H57N5O5/c1-31-44(29-54-42-18-8-5-12-34(42)23-24-43(54)47(57)53-49(2,3)4)58-48(59-45(31)35-21-19-32(30-55)20-22-35)38-15-10-14-37(26-38)36-13-9-11-33(25-36)27-51-46(56)41-28-50-39-16-6-7-17-40(39)52-41/h6-7,9-11,13-17,19-22,25-26,28,31,34,42-45,48,55H,5,8,12,18,23-24,27,29-30H2,1-4H3,(H,51,56)(H,53,57)/t31-,34+,42+,43+,44+,45+,48+/m0/s1. The number of fused-ring (bicyclic) bond motifs is 2. The van der Waals surface area contributed by atoms with Crippen LogP contribution in [0.15, 0.2) is 103 Å². The van der Waals surface area contributed by atoms with Crippen LogP contribution in [-0.4, -0.2) is 62.1 Å². The lowest BCUT2D eigenvalue weighted by Gasteiger charge is -2.51. The Hall–Kier alpha value is -5.00. The molecular formula is C49H57N5O5. The predicted octanol–water partition coefficient (Wildman–Crippen LogP) is 8.45. The number of rotatable bonds is 10. The van der Waals surface area contributed by atoms with Crippen molar-refractivity contribution in [1.29, 1.82) is 0 Å². The maximum Gasteiger partial charge on any atom is 0.271 e. The van der Waals surface area contributed by atoms with Gasteiger partial charge in [0.1, 0.15) is 5.69 Å². The number of aliphatic hydroxyl groups excluding tert-OH is 1. The summed E-state index contributed by atoms with van der Waals surface area (Å²) in [7, 11) is 0. The van der Waals surface area contributed by atoms with Gasteiger partial charge in [-0.3, -0.25) is 19.5 Å². The second kappa shape index (κ2) is 17.7. The summed E-state index contributed by atoms with van der Waals surface area (Å²) in [6, 6.07) is 32.1. The van der Waals surface area contributed by atoms with Gasteiger partial charge >= 0.3 is 0 Å². The first kappa shape index (κ1) is 40.8. The van der Waals surface area contributed by atoms with Crippen LogP contribution in [0.25, 0.3) is 22.2 Å². The number of hydrogen-bond donors (Lipinski definition) is 3. The summed E-state index contributed by atoms with van der Waals surface area (Å²) in [4.78, 5) is 38.4. The second-order valence-electron chi connectivity index (χ2n) is 17.7. The van der Waals surface area contributed by atoms with Crippen LogP contribution in [0.3, 0.4) is 0 Å². The molecule has 7 atom stereocenters. The zero-order chi connectivity index (χ0) is 41.1. The first-order valence-corrected chi connectivity index (χ1v) is 21.3. The molecule has 1 aromatic heterocycles. The van der Waals surface area contributed by atoms with Crippen LogP contribution < -0.4 is 10.6 Å². The number of amides is 2. The lowest BCUT2D eigenvalue weighted by Crippen LogP contribution is -2.61. The van der Waals surface area contributed by atoms with Crippen LogP contribution in [0.1, 0.15) is 111 Å². The van der Waals surface area contributed by atoms with E-state index < -0.39 is 6.29 Å². The Morgan fingerprint density at radius 3 is 2.34 bits per heavy atom. The molecule has 5 aromatic rings. The summed E-state index contributed by atoms with van der Waals surface area (Å²) in [6.07, 6.45) is 7.02. The maximum absolute atomic E-state index is 14.0. The minimum absolute atomic E-state index is 0.0165. The molecule has 308 valence electrons. The number of carbonyl (C=O) groups excluding carboxylic acids is 2. The van der Waals surface area contributed by atoms with Crippen LogP contribution in [0.2, 0.25) is 0 Å². The van der Waals surface area contributed by atoms with Gasteiger partial charge in [0.25, 0.3) is 5.91 Å². The van der Waals surface area contributed by atoms with Gasteiger partial charge in [0.2, 0.25) is 5.91 Å². The molecule has 2 aliphatic heterocycles. The molecule has 3 aliphatic rings. The SMILES string of the molecule is C[C@H]1[C@@H](CN2[C@@H](C(=O)NC(C)(C)C)CC[C@H]3CCCC[C@H]32)O[C@@H](c2cccc(-c3cccc(CNC(=O)c4cnc5ccccc5n4)c3)c2)O[C@H]1c1ccc(CO)cc1. The van der Waals surface area contributed by atoms with Gasteiger partial charge < -0.3 is 25.2 Å². The Labute approximate surface area is 347 Å². The average Bonchev–Trinajstić information content (AvgIpc) is 3.25. The number of hydrogen-bond acceptors (Lipinski definition) is 8. The number of para-hydroxylation sites is 2. The van der Waals surface area contributed by atoms with Crippen LogP contribution in [0, 0.1) is 11.8 Å². The lowest BCUT2D eigenvalue weighted by molar-refractivity contribution is -0.278. The normalized spacial score (nSPS) is 24.9. The van der Waals surface area contributed by atoms with Crippen LogP contribution in [0.4, 0.5) is 0 Å². The van der Waals surface area contributed by atoms with Crippen LogP contribution >= 0.6 is 0 Å². The summed E-state index contributed by atoms with van der Waals surface area (Å²) in [5, 5.41) is 16.1. The molecule has 1 saturated carbocycles. The van der Waals surface area contributed by atoms with Crippen molar-refractivity contribution in [1.82, 2.24) is 25.5 Å². The van der Waals surface area contributed by atoms with E-state index in [0.717, 1.165) is 58.2 Å². The molecule has 2 amide bonds. The highest BCUT2D eigenvalue weighted by Crippen LogP contribution is 2.45. The molecule has 10 heteroatoms. The molecule has 0 bridgehead atoms. The summed E-state index contributed by atoms with van der Waals surface area (Å²) in [5.41, 5.74) is 7.12. The molecule has 0 radical (unpaired) electrons. The first-order valence-electron chi connectivity index (χ1n) is 21.3. The maximum atomic E-state index is 14.0. The van der Waals surface area contributed by atoms with Crippen molar-refractivity contribution in [2.24, 2.45) is 11.8 Å². The van der Waals surface area contributed by atoms with Crippen LogP contribution in [0.5, 0.6) is 0 Å². The topological polar surface area (TPSA) is 126 Å². The molecule has 1 aliphatic carbocycles. The Bertz CT molecular complexity index is 2260. The number of likely N-dealkylation sites (tertiary alicyclic amines) is 1. The van der Waals surface area contributed by atoms with E-state index in [9.17, 15) is 14.7 Å². The highest BCUT2D eigenvalue weighted by atomic mass is 16.7. The van der Waals surface area contributed by atoms with Gasteiger partial charge in [-0.05, 0) is 104 Å². The number of nitrogens with one attached hydrogen (secondary N) is 2. The predicted molar refractivity (Wildman–Crippen MR) is 229 cm³/mol. The van der Waals surface area contributed by atoms with E-state index in [4.69, 9.17) is 9.47 Å². The van der Waals surface area contributed by atoms with E-state index in [0.29, 0.717) is 30.6 Å². The lowest BCUT2D eigenvalue weighted by atomic mass is 9.75. The number of piperidine rings is 1. The van der Waals surface area contributed by atoms with Crippen molar-refractivity contribution in [3.8, 4) is 11.1 Å². The minimum atomic E-state index is -0.655. The number of ether oxygens (including phenoxy) is 2. The Balaban J connectivity index is 1.05. The number of nitrogens with zero attached hydrogens (tertiary/aromatic N) is 3. The molecular weight excluding hydrogens is 739 g/mol. The number of carbonyl (C=O) groups is 2. The summed E-state index contributed by atoms with van der Waals surface area (Å²) >= 11 is 0. The zero-order valence-electron chi connectivity index (χ0n) is 34.6. The summed E-state index contributed by atoms with van der Waals surface area (Å²) in [6.45, 7) is 9.29. The van der Waals surface area contributed by atoms with E-state index in [1.807, 2.05) is 75.4 Å². The third-order valence-corrected chi connectivity index (χ3v) is 12.4. The first-order chi connectivity index (χ1) is 28.5. The van der Waals surface area contributed by atoms with E-state index in [-0.39, 0.29) is 53.8 Å². The Kier molecular flexibility index (Phi) is 12.2. The van der Waals surface area contributed by atoms with Crippen molar-refractivity contribution >= 4 is 22.8 Å². The molecule has 10 nitrogen and oxygen atoms in total. The third kappa shape index (κ3) is 9.42. The van der Waals surface area contributed by atoms with Gasteiger partial charge in [-0.25, -0.2) is 4.98 Å². The second-order valence-corrected chi connectivity index (χ2v) is 17.7. The van der Waals surface area contributed by atoms with Gasteiger partial charge in [-0.15, -0.1) is 0 Å². The monoisotopic (exact) mass is 795 g/mol. The molecule has 2 saturated heterocycles. The fourth-order valence-electron chi connectivity index (χ4n) is 9.33. The Morgan fingerprint density at radius 1 is 0.814 bits per heavy atom. The molecule has 8 rings (SSSR count). The van der Waals surface area contributed by atoms with Gasteiger partial charge in [0.15, 0.2) is 6.29 Å². The van der Waals surface area contributed by atoms with Gasteiger partial charge in [-0.1, -0.05) is 92.6 Å². The van der Waals surface area contributed by atoms with Gasteiger partial charge in [0, 0.05) is 36.2 Å². The molecule has 59 heavy (non-hydrogen) atoms. The number of benzene rings is 4. The summed E-state index contributed by atoms with van der Waals surface area (Å²) < 4.78 is 14.0. The van der Waals surface area contributed by atoms with E-state index in [2.05, 4.69) is 74.9 Å². The van der Waals surface area contributed by atoms with Crippen molar-refractivity contribution in [2.75, 3.05) is 6.54 Å². The van der Waals surface area contributed by atoms with Crippen LogP contribution in [-0.2, 0) is 27.4 Å². The fraction of sp³-hybridized carbons (Fsp3) is 0.429. The van der Waals surface area contributed by atoms with E-state index in [1.54, 1.807) is 0 Å². The highest BCUT2D eigenvalue weighted by Gasteiger charge is 2.46. The zero-order valence-corrected chi connectivity index (χ0v) is 34.6. The molecule has 3 N–H and O–H groups in total. The smallest absolute Gasteiger partial charge is 0.271 e. The molecule has 3 fully saturated rings. The van der Waals surface area contributed by atoms with Crippen molar-refractivity contribution in [3.63, 3.8) is 0 Å². The average molecular weight is 796 g/mol. The van der Waals surface area contributed by atoms with E-state index >= 15 is 0 Å². The van der Waals surface area contributed by atoms with E-state index in [1.165, 1.54) is 25.5 Å². The molecule has 3 heterocycles. The molecule has 0 unspecified atom stereocenters. The van der Waals surface area contributed by atoms with Crippen molar-refractivity contribution < 1.29 is 24.2 Å². The number of aliphatic hydroxyl groups is 1. The quantitative estimate of drug-likeness (QED) is 0.129.